The van der Waals surface area contributed by atoms with E-state index in [2.05, 4.69) is 29.2 Å². The van der Waals surface area contributed by atoms with Crippen molar-refractivity contribution in [3.8, 4) is 0 Å². The summed E-state index contributed by atoms with van der Waals surface area (Å²) in [6.07, 6.45) is 4.05. The van der Waals surface area contributed by atoms with Gasteiger partial charge in [-0.15, -0.1) is 0 Å². The molecule has 0 saturated carbocycles. The highest BCUT2D eigenvalue weighted by Gasteiger charge is 2.12. The quantitative estimate of drug-likeness (QED) is 0.609. The Balaban J connectivity index is 1.99. The third-order valence-electron chi connectivity index (χ3n) is 3.43. The number of hydrogen-bond donors (Lipinski definition) is 0. The zero-order valence-electron chi connectivity index (χ0n) is 10.6. The van der Waals surface area contributed by atoms with Crippen LogP contribution in [0.4, 0.5) is 5.69 Å². The van der Waals surface area contributed by atoms with Gasteiger partial charge < -0.3 is 14.2 Å². The van der Waals surface area contributed by atoms with Crippen LogP contribution in [0.5, 0.6) is 0 Å². The van der Waals surface area contributed by atoms with Crippen molar-refractivity contribution in [2.45, 2.75) is 0 Å². The highest BCUT2D eigenvalue weighted by Crippen LogP contribution is 2.36. The molecule has 3 nitrogen and oxygen atoms in total. The Labute approximate surface area is 111 Å². The lowest BCUT2D eigenvalue weighted by Gasteiger charge is -2.30. The summed E-state index contributed by atoms with van der Waals surface area (Å²) in [5, 5.41) is 2.32. The van der Waals surface area contributed by atoms with E-state index in [1.165, 1.54) is 0 Å². The van der Waals surface area contributed by atoms with Crippen molar-refractivity contribution in [1.82, 2.24) is 4.90 Å². The summed E-state index contributed by atoms with van der Waals surface area (Å²) in [5.74, 6) is 0. The SMILES string of the molecule is CN1C=CN(c2cccc3c2oc2ccccc23)[CH-]1. The fourth-order valence-electron chi connectivity index (χ4n) is 2.53. The summed E-state index contributed by atoms with van der Waals surface area (Å²) in [4.78, 5) is 4.09. The van der Waals surface area contributed by atoms with E-state index in [-0.39, 0.29) is 0 Å². The topological polar surface area (TPSA) is 19.6 Å². The number of anilines is 1. The highest BCUT2D eigenvalue weighted by atomic mass is 16.3. The van der Waals surface area contributed by atoms with Crippen LogP contribution in [0.1, 0.15) is 0 Å². The van der Waals surface area contributed by atoms with Gasteiger partial charge in [-0.3, -0.25) is 0 Å². The molecule has 2 aromatic carbocycles. The minimum Gasteiger partial charge on any atom is -0.510 e. The van der Waals surface area contributed by atoms with Gasteiger partial charge in [0.25, 0.3) is 0 Å². The van der Waals surface area contributed by atoms with Crippen molar-refractivity contribution in [1.29, 1.82) is 0 Å². The van der Waals surface area contributed by atoms with Gasteiger partial charge in [0.1, 0.15) is 5.58 Å². The minimum atomic E-state index is 0.930. The van der Waals surface area contributed by atoms with Gasteiger partial charge in [-0.25, -0.2) is 0 Å². The molecule has 0 aliphatic carbocycles. The predicted octanol–water partition coefficient (Wildman–Crippen LogP) is 3.93. The van der Waals surface area contributed by atoms with Gasteiger partial charge >= 0.3 is 0 Å². The van der Waals surface area contributed by atoms with Gasteiger partial charge in [-0.1, -0.05) is 30.3 Å². The van der Waals surface area contributed by atoms with Gasteiger partial charge in [-0.2, -0.15) is 6.67 Å². The zero-order chi connectivity index (χ0) is 12.8. The van der Waals surface area contributed by atoms with Crippen LogP contribution >= 0.6 is 0 Å². The summed E-state index contributed by atoms with van der Waals surface area (Å²) in [7, 11) is 2.01. The molecular formula is C16H13N2O-. The smallest absolute Gasteiger partial charge is 0.156 e. The summed E-state index contributed by atoms with van der Waals surface area (Å²) in [6, 6.07) is 14.4. The lowest BCUT2D eigenvalue weighted by molar-refractivity contribution is 0.574. The molecule has 3 heteroatoms. The van der Waals surface area contributed by atoms with Crippen molar-refractivity contribution < 1.29 is 4.42 Å². The van der Waals surface area contributed by atoms with E-state index < -0.39 is 0 Å². The number of furan rings is 1. The molecule has 0 saturated heterocycles. The monoisotopic (exact) mass is 249 g/mol. The zero-order valence-corrected chi connectivity index (χ0v) is 10.6. The normalized spacial score (nSPS) is 15.0. The number of fused-ring (bicyclic) bond motifs is 3. The van der Waals surface area contributed by atoms with E-state index in [1.54, 1.807) is 0 Å². The largest absolute Gasteiger partial charge is 0.510 e. The van der Waals surface area contributed by atoms with Crippen LogP contribution in [0.3, 0.4) is 0 Å². The lowest BCUT2D eigenvalue weighted by Crippen LogP contribution is -2.14. The van der Waals surface area contributed by atoms with E-state index in [0.717, 1.165) is 27.6 Å². The van der Waals surface area contributed by atoms with Crippen molar-refractivity contribution in [2.24, 2.45) is 0 Å². The average molecular weight is 249 g/mol. The molecular weight excluding hydrogens is 236 g/mol. The van der Waals surface area contributed by atoms with Crippen molar-refractivity contribution in [2.75, 3.05) is 11.9 Å². The fraction of sp³-hybridized carbons (Fsp3) is 0.0625. The minimum absolute atomic E-state index is 0.930. The average Bonchev–Trinajstić information content (AvgIpc) is 3.02. The highest BCUT2D eigenvalue weighted by molar-refractivity contribution is 6.09. The van der Waals surface area contributed by atoms with E-state index >= 15 is 0 Å². The van der Waals surface area contributed by atoms with Gasteiger partial charge in [0.05, 0.1) is 5.69 Å². The van der Waals surface area contributed by atoms with E-state index in [4.69, 9.17) is 4.42 Å². The first kappa shape index (κ1) is 10.5. The van der Waals surface area contributed by atoms with Crippen LogP contribution in [-0.2, 0) is 0 Å². The van der Waals surface area contributed by atoms with Crippen LogP contribution in [0.2, 0.25) is 0 Å². The maximum Gasteiger partial charge on any atom is 0.156 e. The van der Waals surface area contributed by atoms with Gasteiger partial charge in [-0.05, 0) is 31.6 Å². The van der Waals surface area contributed by atoms with Gasteiger partial charge in [0.15, 0.2) is 5.58 Å². The second-order valence-electron chi connectivity index (χ2n) is 4.74. The molecule has 1 aromatic heterocycles. The Kier molecular flexibility index (Phi) is 2.09. The van der Waals surface area contributed by atoms with Crippen LogP contribution in [0, 0.1) is 6.67 Å². The molecule has 0 N–H and O–H groups in total. The predicted molar refractivity (Wildman–Crippen MR) is 77.4 cm³/mol. The van der Waals surface area contributed by atoms with Gasteiger partial charge in [0, 0.05) is 10.8 Å². The van der Waals surface area contributed by atoms with Gasteiger partial charge in [0.2, 0.25) is 0 Å². The summed E-state index contributed by atoms with van der Waals surface area (Å²) in [5.41, 5.74) is 2.93. The summed E-state index contributed by atoms with van der Waals surface area (Å²) in [6.45, 7) is 2.03. The first-order chi connectivity index (χ1) is 9.33. The molecule has 94 valence electrons. The Hall–Kier alpha value is -2.42. The maximum atomic E-state index is 6.02. The molecule has 1 aliphatic rings. The number of nitrogens with zero attached hydrogens (tertiary/aromatic N) is 2. The van der Waals surface area contributed by atoms with Crippen LogP contribution < -0.4 is 4.90 Å². The molecule has 2 heterocycles. The van der Waals surface area contributed by atoms with Crippen molar-refractivity contribution in [3.05, 3.63) is 61.5 Å². The molecule has 0 bridgehead atoms. The molecule has 0 amide bonds. The fourth-order valence-corrected chi connectivity index (χ4v) is 2.53. The Morgan fingerprint density at radius 1 is 0.947 bits per heavy atom. The number of rotatable bonds is 1. The Bertz CT molecular complexity index is 788. The molecule has 0 spiro atoms. The maximum absolute atomic E-state index is 6.02. The lowest BCUT2D eigenvalue weighted by atomic mass is 10.1. The third-order valence-corrected chi connectivity index (χ3v) is 3.43. The molecule has 19 heavy (non-hydrogen) atoms. The Morgan fingerprint density at radius 2 is 1.79 bits per heavy atom. The van der Waals surface area contributed by atoms with Crippen LogP contribution in [0.15, 0.2) is 59.3 Å². The second kappa shape index (κ2) is 3.79. The molecule has 4 rings (SSSR count). The first-order valence-electron chi connectivity index (χ1n) is 6.27. The molecule has 0 atom stereocenters. The molecule has 3 aromatic rings. The van der Waals surface area contributed by atoms with E-state index in [1.807, 2.05) is 49.2 Å². The number of benzene rings is 2. The third kappa shape index (κ3) is 1.51. The van der Waals surface area contributed by atoms with E-state index in [9.17, 15) is 0 Å². The molecule has 0 radical (unpaired) electrons. The standard InChI is InChI=1S/C16H13N2O/c1-17-9-10-18(11-17)14-7-4-6-13-12-5-2-3-8-15(12)19-16(13)14/h2-11H,1H3/q-1. The van der Waals surface area contributed by atoms with Crippen LogP contribution in [-0.4, -0.2) is 11.9 Å². The van der Waals surface area contributed by atoms with Crippen LogP contribution in [0.25, 0.3) is 21.9 Å². The van der Waals surface area contributed by atoms with E-state index in [0.29, 0.717) is 0 Å². The van der Waals surface area contributed by atoms with Crippen molar-refractivity contribution in [3.63, 3.8) is 0 Å². The summed E-state index contributed by atoms with van der Waals surface area (Å²) < 4.78 is 6.02. The van der Waals surface area contributed by atoms with Crippen molar-refractivity contribution >= 4 is 27.6 Å². The number of para-hydroxylation sites is 2. The summed E-state index contributed by atoms with van der Waals surface area (Å²) >= 11 is 0. The molecule has 1 aliphatic heterocycles. The first-order valence-corrected chi connectivity index (χ1v) is 6.27. The molecule has 0 fully saturated rings. The Morgan fingerprint density at radius 3 is 2.63 bits per heavy atom. The number of hydrogen-bond acceptors (Lipinski definition) is 3. The second-order valence-corrected chi connectivity index (χ2v) is 4.74. The molecule has 0 unspecified atom stereocenters.